The zero-order valence-corrected chi connectivity index (χ0v) is 12.9. The van der Waals surface area contributed by atoms with E-state index >= 15 is 0 Å². The van der Waals surface area contributed by atoms with Crippen LogP contribution in [0.3, 0.4) is 0 Å². The highest BCUT2D eigenvalue weighted by atomic mass is 16.5. The molecule has 0 bridgehead atoms. The molecule has 1 N–H and O–H groups in total. The van der Waals surface area contributed by atoms with Gasteiger partial charge in [-0.15, -0.1) is 0 Å². The first kappa shape index (κ1) is 17.5. The Morgan fingerprint density at radius 1 is 1.32 bits per heavy atom. The molecular formula is C15H20N2O5. The highest BCUT2D eigenvalue weighted by molar-refractivity contribution is 5.93. The van der Waals surface area contributed by atoms with Gasteiger partial charge in [0.05, 0.1) is 20.1 Å². The van der Waals surface area contributed by atoms with Crippen LogP contribution in [-0.2, 0) is 25.5 Å². The monoisotopic (exact) mass is 308 g/mol. The standard InChI is InChI=1S/C15H20N2O5/c1-17(2)14(19)10-16-13(18)8-6-11-4-5-12(22-11)7-9-15(20)21-3/h4-6,8H,7,9-10H2,1-3H3,(H,16,18)/b8-6+. The molecule has 7 nitrogen and oxygen atoms in total. The Morgan fingerprint density at radius 2 is 2.05 bits per heavy atom. The van der Waals surface area contributed by atoms with Crippen LogP contribution >= 0.6 is 0 Å². The Labute approximate surface area is 128 Å². The number of nitrogens with one attached hydrogen (secondary N) is 1. The smallest absolute Gasteiger partial charge is 0.305 e. The van der Waals surface area contributed by atoms with E-state index in [1.54, 1.807) is 26.2 Å². The summed E-state index contributed by atoms with van der Waals surface area (Å²) in [6.07, 6.45) is 3.45. The van der Waals surface area contributed by atoms with Crippen molar-refractivity contribution >= 4 is 23.9 Å². The molecule has 0 aliphatic carbocycles. The molecule has 0 radical (unpaired) electrons. The summed E-state index contributed by atoms with van der Waals surface area (Å²) in [7, 11) is 4.56. The number of hydrogen-bond donors (Lipinski definition) is 1. The first-order valence-corrected chi connectivity index (χ1v) is 6.74. The fourth-order valence-corrected chi connectivity index (χ4v) is 1.48. The van der Waals surface area contributed by atoms with Gasteiger partial charge in [-0.2, -0.15) is 0 Å². The van der Waals surface area contributed by atoms with Crippen molar-refractivity contribution in [3.63, 3.8) is 0 Å². The number of ether oxygens (including phenoxy) is 1. The number of furan rings is 1. The average Bonchev–Trinajstić information content (AvgIpc) is 2.95. The van der Waals surface area contributed by atoms with Crippen molar-refractivity contribution in [2.24, 2.45) is 0 Å². The van der Waals surface area contributed by atoms with Gasteiger partial charge in [0, 0.05) is 26.6 Å². The summed E-state index contributed by atoms with van der Waals surface area (Å²) in [6.45, 7) is -0.0568. The van der Waals surface area contributed by atoms with Gasteiger partial charge in [0.15, 0.2) is 0 Å². The molecule has 0 aliphatic rings. The lowest BCUT2D eigenvalue weighted by molar-refractivity contribution is -0.140. The number of methoxy groups -OCH3 is 1. The van der Waals surface area contributed by atoms with Gasteiger partial charge in [-0.05, 0) is 18.2 Å². The fraction of sp³-hybridized carbons (Fsp3) is 0.400. The molecule has 22 heavy (non-hydrogen) atoms. The van der Waals surface area contributed by atoms with E-state index in [0.717, 1.165) is 0 Å². The Hall–Kier alpha value is -2.57. The number of nitrogens with zero attached hydrogens (tertiary/aromatic N) is 1. The third kappa shape index (κ3) is 6.25. The van der Waals surface area contributed by atoms with Gasteiger partial charge in [0.1, 0.15) is 11.5 Å². The van der Waals surface area contributed by atoms with Crippen LogP contribution in [0.5, 0.6) is 0 Å². The van der Waals surface area contributed by atoms with Gasteiger partial charge >= 0.3 is 5.97 Å². The molecule has 1 aromatic heterocycles. The summed E-state index contributed by atoms with van der Waals surface area (Å²) in [6, 6.07) is 3.43. The lowest BCUT2D eigenvalue weighted by Crippen LogP contribution is -2.35. The summed E-state index contributed by atoms with van der Waals surface area (Å²) >= 11 is 0. The molecule has 1 aromatic rings. The van der Waals surface area contributed by atoms with Crippen molar-refractivity contribution in [3.05, 3.63) is 29.7 Å². The molecule has 0 atom stereocenters. The van der Waals surface area contributed by atoms with Crippen LogP contribution in [0, 0.1) is 0 Å². The molecule has 0 aromatic carbocycles. The molecule has 120 valence electrons. The van der Waals surface area contributed by atoms with E-state index in [2.05, 4.69) is 10.1 Å². The first-order valence-electron chi connectivity index (χ1n) is 6.74. The number of esters is 1. The topological polar surface area (TPSA) is 88.8 Å². The highest BCUT2D eigenvalue weighted by Gasteiger charge is 2.06. The number of aryl methyl sites for hydroxylation is 1. The quantitative estimate of drug-likeness (QED) is 0.588. The molecule has 1 heterocycles. The van der Waals surface area contributed by atoms with Gasteiger partial charge in [-0.3, -0.25) is 14.4 Å². The van der Waals surface area contributed by atoms with Crippen molar-refractivity contribution in [2.75, 3.05) is 27.7 Å². The SMILES string of the molecule is COC(=O)CCc1ccc(/C=C/C(=O)NCC(=O)N(C)C)o1. The van der Waals surface area contributed by atoms with E-state index in [1.807, 2.05) is 0 Å². The Balaban J connectivity index is 2.43. The molecule has 0 saturated heterocycles. The average molecular weight is 308 g/mol. The maximum Gasteiger partial charge on any atom is 0.305 e. The lowest BCUT2D eigenvalue weighted by Gasteiger charge is -2.09. The molecule has 0 saturated carbocycles. The molecular weight excluding hydrogens is 288 g/mol. The van der Waals surface area contributed by atoms with Gasteiger partial charge in [0.2, 0.25) is 11.8 Å². The Bertz CT molecular complexity index is 560. The molecule has 2 amide bonds. The van der Waals surface area contributed by atoms with Crippen LogP contribution in [-0.4, -0.2) is 50.4 Å². The maximum absolute atomic E-state index is 11.5. The summed E-state index contributed by atoms with van der Waals surface area (Å²) < 4.78 is 9.99. The molecule has 0 spiro atoms. The van der Waals surface area contributed by atoms with Crippen molar-refractivity contribution in [1.82, 2.24) is 10.2 Å². The van der Waals surface area contributed by atoms with E-state index in [0.29, 0.717) is 17.9 Å². The third-order valence-corrected chi connectivity index (χ3v) is 2.80. The second-order valence-corrected chi connectivity index (χ2v) is 4.72. The third-order valence-electron chi connectivity index (χ3n) is 2.80. The van der Waals surface area contributed by atoms with Crippen LogP contribution in [0.4, 0.5) is 0 Å². The Kier molecular flexibility index (Phi) is 6.88. The number of likely N-dealkylation sites (N-methyl/N-ethyl adjacent to an activating group) is 1. The van der Waals surface area contributed by atoms with Gasteiger partial charge in [-0.1, -0.05) is 0 Å². The van der Waals surface area contributed by atoms with E-state index < -0.39 is 0 Å². The predicted octanol–water partition coefficient (Wildman–Crippen LogP) is 0.603. The van der Waals surface area contributed by atoms with E-state index in [-0.39, 0.29) is 30.7 Å². The first-order chi connectivity index (χ1) is 10.4. The minimum atomic E-state index is -0.386. The molecule has 0 unspecified atom stereocenters. The van der Waals surface area contributed by atoms with Crippen LogP contribution in [0.25, 0.3) is 6.08 Å². The zero-order valence-electron chi connectivity index (χ0n) is 12.9. The van der Waals surface area contributed by atoms with Gasteiger partial charge in [-0.25, -0.2) is 0 Å². The maximum atomic E-state index is 11.5. The van der Waals surface area contributed by atoms with Crippen LogP contribution in [0.2, 0.25) is 0 Å². The van der Waals surface area contributed by atoms with Crippen molar-refractivity contribution in [1.29, 1.82) is 0 Å². The molecule has 1 rings (SSSR count). The van der Waals surface area contributed by atoms with Crippen LogP contribution < -0.4 is 5.32 Å². The normalized spacial score (nSPS) is 10.5. The summed E-state index contributed by atoms with van der Waals surface area (Å²) in [5, 5.41) is 2.47. The van der Waals surface area contributed by atoms with Crippen molar-refractivity contribution in [2.45, 2.75) is 12.8 Å². The highest BCUT2D eigenvalue weighted by Crippen LogP contribution is 2.11. The second kappa shape index (κ2) is 8.66. The minimum Gasteiger partial charge on any atom is -0.469 e. The number of carbonyl (C=O) groups is 3. The predicted molar refractivity (Wildman–Crippen MR) is 79.8 cm³/mol. The Morgan fingerprint density at radius 3 is 2.68 bits per heavy atom. The van der Waals surface area contributed by atoms with E-state index in [9.17, 15) is 14.4 Å². The van der Waals surface area contributed by atoms with Crippen LogP contribution in [0.15, 0.2) is 22.6 Å². The largest absolute Gasteiger partial charge is 0.469 e. The zero-order chi connectivity index (χ0) is 16.5. The van der Waals surface area contributed by atoms with Gasteiger partial charge < -0.3 is 19.4 Å². The van der Waals surface area contributed by atoms with E-state index in [1.165, 1.54) is 24.2 Å². The van der Waals surface area contributed by atoms with Gasteiger partial charge in [0.25, 0.3) is 0 Å². The van der Waals surface area contributed by atoms with Crippen molar-refractivity contribution in [3.8, 4) is 0 Å². The minimum absolute atomic E-state index is 0.0568. The summed E-state index contributed by atoms with van der Waals surface area (Å²) in [4.78, 5) is 35.3. The summed E-state index contributed by atoms with van der Waals surface area (Å²) in [5.41, 5.74) is 0. The number of carbonyl (C=O) groups excluding carboxylic acids is 3. The molecule has 0 fully saturated rings. The second-order valence-electron chi connectivity index (χ2n) is 4.72. The number of hydrogen-bond acceptors (Lipinski definition) is 5. The van der Waals surface area contributed by atoms with Crippen molar-refractivity contribution < 1.29 is 23.5 Å². The molecule has 0 aliphatic heterocycles. The lowest BCUT2D eigenvalue weighted by atomic mass is 10.2. The number of amides is 2. The fourth-order valence-electron chi connectivity index (χ4n) is 1.48. The van der Waals surface area contributed by atoms with E-state index in [4.69, 9.17) is 4.42 Å². The summed E-state index contributed by atoms with van der Waals surface area (Å²) in [5.74, 6) is 0.244. The molecule has 7 heteroatoms. The van der Waals surface area contributed by atoms with Crippen LogP contribution in [0.1, 0.15) is 17.9 Å². The number of rotatable bonds is 7.